The van der Waals surface area contributed by atoms with Gasteiger partial charge in [-0.3, -0.25) is 4.68 Å². The summed E-state index contributed by atoms with van der Waals surface area (Å²) in [6, 6.07) is 7.33. The van der Waals surface area contributed by atoms with Crippen molar-refractivity contribution >= 4 is 11.3 Å². The van der Waals surface area contributed by atoms with Crippen LogP contribution in [-0.4, -0.2) is 47.7 Å². The van der Waals surface area contributed by atoms with Crippen molar-refractivity contribution in [2.45, 2.75) is 50.8 Å². The zero-order valence-corrected chi connectivity index (χ0v) is 17.8. The minimum Gasteiger partial charge on any atom is -0.393 e. The second-order valence-corrected chi connectivity index (χ2v) is 8.99. The van der Waals surface area contributed by atoms with E-state index < -0.39 is 0 Å². The van der Waals surface area contributed by atoms with E-state index >= 15 is 0 Å². The van der Waals surface area contributed by atoms with Crippen molar-refractivity contribution in [2.24, 2.45) is 7.05 Å². The number of hydrogen-bond donors (Lipinski definition) is 1. The standard InChI is InChI=1S/C24H26N6O/c1-15-10-27-29-14-17(18-12-26-28(2)13-18)7-22(24(15)29)16-3-6-23(25-11-16)30-19-4-5-20(30)9-21(31)8-19/h3,6-7,10-14,19-21,31H,4-5,8-9H2,1-2H3/t19-,20+,21+. The van der Waals surface area contributed by atoms with Crippen molar-refractivity contribution in [1.29, 1.82) is 0 Å². The molecule has 2 aliphatic rings. The highest BCUT2D eigenvalue weighted by Crippen LogP contribution is 2.39. The number of aromatic nitrogens is 5. The third kappa shape index (κ3) is 3.03. The van der Waals surface area contributed by atoms with Gasteiger partial charge in [-0.05, 0) is 56.4 Å². The van der Waals surface area contributed by atoms with Gasteiger partial charge in [0.2, 0.25) is 0 Å². The van der Waals surface area contributed by atoms with Crippen LogP contribution < -0.4 is 4.90 Å². The fourth-order valence-corrected chi connectivity index (χ4v) is 5.44. The summed E-state index contributed by atoms with van der Waals surface area (Å²) in [5.74, 6) is 1.02. The summed E-state index contributed by atoms with van der Waals surface area (Å²) >= 11 is 0. The lowest BCUT2D eigenvalue weighted by atomic mass is 9.99. The number of rotatable bonds is 3. The van der Waals surface area contributed by atoms with Gasteiger partial charge < -0.3 is 10.0 Å². The fraction of sp³-hybridized carbons (Fsp3) is 0.375. The van der Waals surface area contributed by atoms with Crippen LogP contribution in [0.15, 0.2) is 49.2 Å². The highest BCUT2D eigenvalue weighted by molar-refractivity contribution is 5.86. The van der Waals surface area contributed by atoms with Crippen molar-refractivity contribution in [3.8, 4) is 22.3 Å². The molecule has 0 spiro atoms. The number of hydrogen-bond acceptors (Lipinski definition) is 5. The van der Waals surface area contributed by atoms with Crippen LogP contribution in [0.5, 0.6) is 0 Å². The molecule has 0 radical (unpaired) electrons. The lowest BCUT2D eigenvalue weighted by Crippen LogP contribution is -2.45. The van der Waals surface area contributed by atoms with E-state index in [0.29, 0.717) is 12.1 Å². The zero-order chi connectivity index (χ0) is 21.1. The first kappa shape index (κ1) is 18.6. The number of pyridine rings is 2. The van der Waals surface area contributed by atoms with Crippen molar-refractivity contribution in [2.75, 3.05) is 4.90 Å². The van der Waals surface area contributed by atoms with Crippen LogP contribution >= 0.6 is 0 Å². The molecule has 0 unspecified atom stereocenters. The first-order valence-electron chi connectivity index (χ1n) is 11.0. The molecule has 4 aromatic rings. The Balaban J connectivity index is 1.41. The lowest BCUT2D eigenvalue weighted by molar-refractivity contribution is 0.126. The van der Waals surface area contributed by atoms with Gasteiger partial charge in [-0.15, -0.1) is 0 Å². The summed E-state index contributed by atoms with van der Waals surface area (Å²) in [6.07, 6.45) is 13.7. The van der Waals surface area contributed by atoms with E-state index in [1.807, 2.05) is 41.0 Å². The van der Waals surface area contributed by atoms with Gasteiger partial charge in [0.15, 0.2) is 0 Å². The van der Waals surface area contributed by atoms with E-state index in [0.717, 1.165) is 64.8 Å². The van der Waals surface area contributed by atoms with Gasteiger partial charge in [-0.25, -0.2) is 9.50 Å². The predicted octanol–water partition coefficient (Wildman–Crippen LogP) is 3.60. The van der Waals surface area contributed by atoms with E-state index in [4.69, 9.17) is 4.98 Å². The maximum Gasteiger partial charge on any atom is 0.129 e. The normalized spacial score (nSPS) is 23.1. The van der Waals surface area contributed by atoms with E-state index in [1.165, 1.54) is 0 Å². The monoisotopic (exact) mass is 414 g/mol. The first-order chi connectivity index (χ1) is 15.1. The zero-order valence-electron chi connectivity index (χ0n) is 17.8. The average molecular weight is 415 g/mol. The Morgan fingerprint density at radius 1 is 0.935 bits per heavy atom. The van der Waals surface area contributed by atoms with Crippen LogP contribution in [-0.2, 0) is 7.05 Å². The summed E-state index contributed by atoms with van der Waals surface area (Å²) < 4.78 is 3.76. The molecule has 0 amide bonds. The van der Waals surface area contributed by atoms with Crippen LogP contribution in [0.25, 0.3) is 27.8 Å². The van der Waals surface area contributed by atoms with Crippen molar-refractivity contribution in [3.05, 3.63) is 54.7 Å². The van der Waals surface area contributed by atoms with Crippen LogP contribution in [0.3, 0.4) is 0 Å². The molecule has 6 heterocycles. The molecule has 0 aliphatic carbocycles. The predicted molar refractivity (Wildman–Crippen MR) is 120 cm³/mol. The maximum atomic E-state index is 10.1. The molecule has 7 heteroatoms. The molecule has 31 heavy (non-hydrogen) atoms. The molecule has 6 rings (SSSR count). The topological polar surface area (TPSA) is 71.5 Å². The van der Waals surface area contributed by atoms with Gasteiger partial charge in [0, 0.05) is 60.0 Å². The third-order valence-electron chi connectivity index (χ3n) is 6.86. The quantitative estimate of drug-likeness (QED) is 0.555. The Kier molecular flexibility index (Phi) is 4.14. The number of aliphatic hydroxyl groups excluding tert-OH is 1. The van der Waals surface area contributed by atoms with Crippen molar-refractivity contribution in [3.63, 3.8) is 0 Å². The number of fused-ring (bicyclic) bond motifs is 3. The summed E-state index contributed by atoms with van der Waals surface area (Å²) in [4.78, 5) is 7.30. The largest absolute Gasteiger partial charge is 0.393 e. The molecule has 158 valence electrons. The molecule has 0 aromatic carbocycles. The van der Waals surface area contributed by atoms with Gasteiger partial charge in [-0.2, -0.15) is 10.2 Å². The summed E-state index contributed by atoms with van der Waals surface area (Å²) in [7, 11) is 1.93. The Labute approximate surface area is 181 Å². The maximum absolute atomic E-state index is 10.1. The third-order valence-corrected chi connectivity index (χ3v) is 6.86. The molecule has 3 atom stereocenters. The fourth-order valence-electron chi connectivity index (χ4n) is 5.44. The molecular formula is C24H26N6O. The Morgan fingerprint density at radius 3 is 2.42 bits per heavy atom. The van der Waals surface area contributed by atoms with Gasteiger partial charge in [-0.1, -0.05) is 0 Å². The summed E-state index contributed by atoms with van der Waals surface area (Å²) in [5.41, 5.74) is 6.57. The van der Waals surface area contributed by atoms with E-state index in [-0.39, 0.29) is 6.10 Å². The Bertz CT molecular complexity index is 1240. The average Bonchev–Trinajstić information content (AvgIpc) is 3.44. The molecule has 4 aromatic heterocycles. The number of aliphatic hydroxyl groups is 1. The first-order valence-corrected chi connectivity index (χ1v) is 11.0. The smallest absolute Gasteiger partial charge is 0.129 e. The highest BCUT2D eigenvalue weighted by atomic mass is 16.3. The van der Waals surface area contributed by atoms with Crippen molar-refractivity contribution < 1.29 is 5.11 Å². The number of anilines is 1. The SMILES string of the molecule is Cc1cnn2cc(-c3cnn(C)c3)cc(-c3ccc(N4[C@@H]5CC[C@H]4C[C@@H](O)C5)nc3)c12. The number of piperidine rings is 1. The van der Waals surface area contributed by atoms with Gasteiger partial charge >= 0.3 is 0 Å². The Hall–Kier alpha value is -3.19. The molecule has 7 nitrogen and oxygen atoms in total. The summed E-state index contributed by atoms with van der Waals surface area (Å²) in [6.45, 7) is 2.09. The van der Waals surface area contributed by atoms with Crippen molar-refractivity contribution in [1.82, 2.24) is 24.4 Å². The Morgan fingerprint density at radius 2 is 1.74 bits per heavy atom. The number of nitrogens with zero attached hydrogens (tertiary/aromatic N) is 6. The summed E-state index contributed by atoms with van der Waals surface area (Å²) in [5, 5.41) is 19.0. The van der Waals surface area contributed by atoms with E-state index in [9.17, 15) is 5.11 Å². The molecule has 2 saturated heterocycles. The minimum atomic E-state index is -0.165. The second kappa shape index (κ2) is 6.92. The molecular weight excluding hydrogens is 388 g/mol. The number of aryl methyl sites for hydroxylation is 2. The second-order valence-electron chi connectivity index (χ2n) is 8.99. The van der Waals surface area contributed by atoms with E-state index in [1.54, 1.807) is 0 Å². The highest BCUT2D eigenvalue weighted by Gasteiger charge is 2.40. The van der Waals surface area contributed by atoms with Crippen LogP contribution in [0.4, 0.5) is 5.82 Å². The van der Waals surface area contributed by atoms with Crippen LogP contribution in [0.2, 0.25) is 0 Å². The lowest BCUT2D eigenvalue weighted by Gasteiger charge is -2.38. The van der Waals surface area contributed by atoms with E-state index in [2.05, 4.69) is 46.4 Å². The molecule has 1 N–H and O–H groups in total. The van der Waals surface area contributed by atoms with Crippen LogP contribution in [0, 0.1) is 6.92 Å². The minimum absolute atomic E-state index is 0.165. The molecule has 2 fully saturated rings. The van der Waals surface area contributed by atoms with Gasteiger partial charge in [0.25, 0.3) is 0 Å². The molecule has 2 aliphatic heterocycles. The molecule has 0 saturated carbocycles. The van der Waals surface area contributed by atoms with Gasteiger partial charge in [0.1, 0.15) is 5.82 Å². The van der Waals surface area contributed by atoms with Crippen LogP contribution in [0.1, 0.15) is 31.2 Å². The van der Waals surface area contributed by atoms with Gasteiger partial charge in [0.05, 0.1) is 24.0 Å². The molecule has 2 bridgehead atoms.